The van der Waals surface area contributed by atoms with Crippen LogP contribution >= 0.6 is 0 Å². The first-order valence-corrected chi connectivity index (χ1v) is 8.18. The molecule has 1 unspecified atom stereocenters. The number of carbonyl (C=O) groups excluding carboxylic acids is 3. The molecular weight excluding hydrogens is 348 g/mol. The van der Waals surface area contributed by atoms with E-state index in [0.29, 0.717) is 0 Å². The zero-order valence-corrected chi connectivity index (χ0v) is 15.2. The summed E-state index contributed by atoms with van der Waals surface area (Å²) >= 11 is 0. The Morgan fingerprint density at radius 3 is 2.42 bits per heavy atom. The van der Waals surface area contributed by atoms with Crippen molar-refractivity contribution in [3.63, 3.8) is 0 Å². The molecule has 1 amide bonds. The molecule has 0 fully saturated rings. The minimum absolute atomic E-state index is 0.0812. The third-order valence-corrected chi connectivity index (χ3v) is 3.17. The number of nitrogens with one attached hydrogen (secondary N) is 1. The number of hydrogen-bond acceptors (Lipinski definition) is 5. The SMILES string of the molecule is CCOC(=O)C(CCC(=O)c1cccc(F)c1F)NC(=O)OC(C)(C)C. The van der Waals surface area contributed by atoms with Crippen LogP contribution in [0.3, 0.4) is 0 Å². The van der Waals surface area contributed by atoms with Gasteiger partial charge in [0, 0.05) is 6.42 Å². The summed E-state index contributed by atoms with van der Waals surface area (Å²) in [4.78, 5) is 35.9. The van der Waals surface area contributed by atoms with Gasteiger partial charge in [-0.1, -0.05) is 6.07 Å². The molecule has 1 aromatic rings. The number of amides is 1. The van der Waals surface area contributed by atoms with Crippen molar-refractivity contribution < 1.29 is 32.6 Å². The fraction of sp³-hybridized carbons (Fsp3) is 0.500. The van der Waals surface area contributed by atoms with Crippen molar-refractivity contribution in [3.05, 3.63) is 35.4 Å². The van der Waals surface area contributed by atoms with E-state index in [9.17, 15) is 23.2 Å². The van der Waals surface area contributed by atoms with E-state index in [0.717, 1.165) is 12.1 Å². The molecule has 26 heavy (non-hydrogen) atoms. The number of esters is 1. The van der Waals surface area contributed by atoms with Gasteiger partial charge >= 0.3 is 12.1 Å². The quantitative estimate of drug-likeness (QED) is 0.587. The largest absolute Gasteiger partial charge is 0.464 e. The Labute approximate surface area is 150 Å². The van der Waals surface area contributed by atoms with E-state index in [1.165, 1.54) is 6.07 Å². The Balaban J connectivity index is 2.79. The zero-order chi connectivity index (χ0) is 19.9. The Hall–Kier alpha value is -2.51. The number of benzene rings is 1. The molecule has 1 N–H and O–H groups in total. The normalized spacial score (nSPS) is 12.2. The van der Waals surface area contributed by atoms with Crippen LogP contribution in [-0.4, -0.2) is 36.1 Å². The van der Waals surface area contributed by atoms with Crippen molar-refractivity contribution in [1.82, 2.24) is 5.32 Å². The Kier molecular flexibility index (Phi) is 7.67. The smallest absolute Gasteiger partial charge is 0.408 e. The van der Waals surface area contributed by atoms with Crippen molar-refractivity contribution >= 4 is 17.8 Å². The first-order valence-electron chi connectivity index (χ1n) is 8.18. The zero-order valence-electron chi connectivity index (χ0n) is 15.2. The topological polar surface area (TPSA) is 81.7 Å². The van der Waals surface area contributed by atoms with Crippen LogP contribution in [-0.2, 0) is 14.3 Å². The standard InChI is InChI=1S/C18H23F2NO5/c1-5-25-16(23)13(21-17(24)26-18(2,3)4)9-10-14(22)11-7-6-8-12(19)15(11)20/h6-8,13H,5,9-10H2,1-4H3,(H,21,24). The molecule has 0 aromatic heterocycles. The van der Waals surface area contributed by atoms with Crippen LogP contribution in [0.5, 0.6) is 0 Å². The molecule has 8 heteroatoms. The molecule has 0 radical (unpaired) electrons. The lowest BCUT2D eigenvalue weighted by Crippen LogP contribution is -2.44. The fourth-order valence-electron chi connectivity index (χ4n) is 2.07. The van der Waals surface area contributed by atoms with Crippen molar-refractivity contribution in [3.8, 4) is 0 Å². The number of ketones is 1. The summed E-state index contributed by atoms with van der Waals surface area (Å²) in [5, 5.41) is 2.34. The lowest BCUT2D eigenvalue weighted by molar-refractivity contribution is -0.145. The second-order valence-corrected chi connectivity index (χ2v) is 6.51. The minimum atomic E-state index is -1.25. The number of Topliss-reactive ketones (excluding diaryl/α,β-unsaturated/α-hetero) is 1. The molecule has 0 aliphatic rings. The Bertz CT molecular complexity index is 670. The van der Waals surface area contributed by atoms with Gasteiger partial charge in [0.15, 0.2) is 17.4 Å². The molecule has 0 saturated heterocycles. The van der Waals surface area contributed by atoms with Crippen molar-refractivity contribution in [2.75, 3.05) is 6.61 Å². The highest BCUT2D eigenvalue weighted by Crippen LogP contribution is 2.15. The Morgan fingerprint density at radius 1 is 1.19 bits per heavy atom. The van der Waals surface area contributed by atoms with Crippen molar-refractivity contribution in [2.45, 2.75) is 52.2 Å². The predicted octanol–water partition coefficient (Wildman–Crippen LogP) is 3.38. The third-order valence-electron chi connectivity index (χ3n) is 3.17. The molecule has 0 bridgehead atoms. The maximum Gasteiger partial charge on any atom is 0.408 e. The van der Waals surface area contributed by atoms with Gasteiger partial charge < -0.3 is 14.8 Å². The van der Waals surface area contributed by atoms with E-state index in [4.69, 9.17) is 9.47 Å². The second kappa shape index (κ2) is 9.26. The van der Waals surface area contributed by atoms with E-state index in [1.54, 1.807) is 27.7 Å². The highest BCUT2D eigenvalue weighted by atomic mass is 19.2. The van der Waals surface area contributed by atoms with Crippen LogP contribution in [0.4, 0.5) is 13.6 Å². The monoisotopic (exact) mass is 371 g/mol. The van der Waals surface area contributed by atoms with Gasteiger partial charge in [-0.2, -0.15) is 0 Å². The van der Waals surface area contributed by atoms with E-state index < -0.39 is 46.7 Å². The second-order valence-electron chi connectivity index (χ2n) is 6.51. The molecule has 0 saturated carbocycles. The predicted molar refractivity (Wildman–Crippen MR) is 89.7 cm³/mol. The minimum Gasteiger partial charge on any atom is -0.464 e. The summed E-state index contributed by atoms with van der Waals surface area (Å²) in [7, 11) is 0. The number of halogens is 2. The van der Waals surface area contributed by atoms with Gasteiger partial charge in [0.1, 0.15) is 11.6 Å². The molecule has 0 aliphatic heterocycles. The molecular formula is C18H23F2NO5. The maximum absolute atomic E-state index is 13.7. The van der Waals surface area contributed by atoms with E-state index in [2.05, 4.69) is 5.32 Å². The first-order chi connectivity index (χ1) is 12.0. The molecule has 1 atom stereocenters. The number of alkyl carbamates (subject to hydrolysis) is 1. The molecule has 1 aromatic carbocycles. The average Bonchev–Trinajstić information content (AvgIpc) is 2.52. The molecule has 0 heterocycles. The fourth-order valence-corrected chi connectivity index (χ4v) is 2.07. The van der Waals surface area contributed by atoms with Gasteiger partial charge in [0.25, 0.3) is 0 Å². The lowest BCUT2D eigenvalue weighted by Gasteiger charge is -2.22. The lowest BCUT2D eigenvalue weighted by atomic mass is 10.0. The molecule has 0 spiro atoms. The van der Waals surface area contributed by atoms with Gasteiger partial charge in [-0.05, 0) is 46.2 Å². The van der Waals surface area contributed by atoms with Crippen molar-refractivity contribution in [2.24, 2.45) is 0 Å². The summed E-state index contributed by atoms with van der Waals surface area (Å²) < 4.78 is 36.8. The summed E-state index contributed by atoms with van der Waals surface area (Å²) in [6.45, 7) is 6.64. The first kappa shape index (κ1) is 21.5. The highest BCUT2D eigenvalue weighted by molar-refractivity contribution is 5.96. The third kappa shape index (κ3) is 6.78. The van der Waals surface area contributed by atoms with Gasteiger partial charge in [0.05, 0.1) is 12.2 Å². The Morgan fingerprint density at radius 2 is 1.85 bits per heavy atom. The highest BCUT2D eigenvalue weighted by Gasteiger charge is 2.26. The van der Waals surface area contributed by atoms with Crippen LogP contribution in [0.2, 0.25) is 0 Å². The summed E-state index contributed by atoms with van der Waals surface area (Å²) in [6, 6.07) is 2.12. The summed E-state index contributed by atoms with van der Waals surface area (Å²) in [5.41, 5.74) is -1.19. The van der Waals surface area contributed by atoms with Gasteiger partial charge in [-0.15, -0.1) is 0 Å². The average molecular weight is 371 g/mol. The van der Waals surface area contributed by atoms with E-state index >= 15 is 0 Å². The van der Waals surface area contributed by atoms with Gasteiger partial charge in [-0.3, -0.25) is 4.79 Å². The molecule has 6 nitrogen and oxygen atoms in total. The van der Waals surface area contributed by atoms with Crippen LogP contribution in [0.25, 0.3) is 0 Å². The van der Waals surface area contributed by atoms with E-state index in [-0.39, 0.29) is 19.4 Å². The summed E-state index contributed by atoms with van der Waals surface area (Å²) in [6.07, 6.45) is -1.29. The number of rotatable bonds is 7. The molecule has 1 rings (SSSR count). The number of ether oxygens (including phenoxy) is 2. The van der Waals surface area contributed by atoms with Crippen LogP contribution in [0.1, 0.15) is 50.9 Å². The van der Waals surface area contributed by atoms with Crippen LogP contribution in [0.15, 0.2) is 18.2 Å². The maximum atomic E-state index is 13.7. The van der Waals surface area contributed by atoms with Crippen LogP contribution in [0, 0.1) is 11.6 Å². The molecule has 144 valence electrons. The number of carbonyl (C=O) groups is 3. The molecule has 0 aliphatic carbocycles. The van der Waals surface area contributed by atoms with Gasteiger partial charge in [-0.25, -0.2) is 18.4 Å². The van der Waals surface area contributed by atoms with Gasteiger partial charge in [0.2, 0.25) is 0 Å². The number of hydrogen-bond donors (Lipinski definition) is 1. The van der Waals surface area contributed by atoms with Crippen LogP contribution < -0.4 is 5.32 Å². The summed E-state index contributed by atoms with van der Waals surface area (Å²) in [5.74, 6) is -3.82. The van der Waals surface area contributed by atoms with Crippen molar-refractivity contribution in [1.29, 1.82) is 0 Å². The van der Waals surface area contributed by atoms with E-state index in [1.807, 2.05) is 0 Å².